The Balaban J connectivity index is 1.71. The first-order valence-corrected chi connectivity index (χ1v) is 10.6. The van der Waals surface area contributed by atoms with Crippen LogP contribution in [0.15, 0.2) is 59.7 Å². The third-order valence-corrected chi connectivity index (χ3v) is 5.72. The van der Waals surface area contributed by atoms with E-state index in [0.29, 0.717) is 22.9 Å². The normalized spacial score (nSPS) is 15.6. The van der Waals surface area contributed by atoms with E-state index in [-0.39, 0.29) is 25.2 Å². The number of pyridine rings is 1. The number of carbonyl (C=O) groups is 2. The molecule has 1 aromatic heterocycles. The molecule has 0 bridgehead atoms. The highest BCUT2D eigenvalue weighted by atomic mass is 35.5. The summed E-state index contributed by atoms with van der Waals surface area (Å²) in [7, 11) is 1.60. The van der Waals surface area contributed by atoms with E-state index < -0.39 is 12.0 Å². The van der Waals surface area contributed by atoms with Gasteiger partial charge in [0.25, 0.3) is 0 Å². The average Bonchev–Trinajstić information content (AvgIpc) is 3.24. The van der Waals surface area contributed by atoms with E-state index in [4.69, 9.17) is 21.4 Å². The minimum atomic E-state index is -0.931. The Labute approximate surface area is 190 Å². The fourth-order valence-electron chi connectivity index (χ4n) is 3.80. The Morgan fingerprint density at radius 2 is 1.94 bits per heavy atom. The molecule has 1 unspecified atom stereocenters. The quantitative estimate of drug-likeness (QED) is 0.519. The smallest absolute Gasteiger partial charge is 0.303 e. The van der Waals surface area contributed by atoms with Crippen molar-refractivity contribution < 1.29 is 19.4 Å². The summed E-state index contributed by atoms with van der Waals surface area (Å²) in [5, 5.41) is 16.1. The van der Waals surface area contributed by atoms with Crippen LogP contribution in [0.3, 0.4) is 0 Å². The van der Waals surface area contributed by atoms with Crippen LogP contribution in [0.2, 0.25) is 5.15 Å². The summed E-state index contributed by atoms with van der Waals surface area (Å²) in [5.74, 6) is -0.481. The van der Waals surface area contributed by atoms with E-state index in [2.05, 4.69) is 10.1 Å². The lowest BCUT2D eigenvalue weighted by Gasteiger charge is -2.23. The Morgan fingerprint density at radius 3 is 2.66 bits per heavy atom. The van der Waals surface area contributed by atoms with Crippen LogP contribution in [0.4, 0.5) is 0 Å². The molecule has 0 saturated heterocycles. The Morgan fingerprint density at radius 1 is 1.16 bits per heavy atom. The number of amides is 1. The van der Waals surface area contributed by atoms with Gasteiger partial charge < -0.3 is 9.84 Å². The number of fused-ring (bicyclic) bond motifs is 1. The van der Waals surface area contributed by atoms with Crippen LogP contribution in [0, 0.1) is 0 Å². The topological polar surface area (TPSA) is 92.1 Å². The van der Waals surface area contributed by atoms with Gasteiger partial charge in [-0.2, -0.15) is 5.10 Å². The molecule has 32 heavy (non-hydrogen) atoms. The summed E-state index contributed by atoms with van der Waals surface area (Å²) in [5.41, 5.74) is 3.10. The monoisotopic (exact) mass is 451 g/mol. The van der Waals surface area contributed by atoms with E-state index in [1.54, 1.807) is 7.11 Å². The molecule has 1 amide bonds. The maximum absolute atomic E-state index is 13.0. The first-order valence-electron chi connectivity index (χ1n) is 10.3. The number of ether oxygens (including phenoxy) is 1. The van der Waals surface area contributed by atoms with Gasteiger partial charge in [-0.3, -0.25) is 9.59 Å². The van der Waals surface area contributed by atoms with Crippen molar-refractivity contribution in [1.29, 1.82) is 0 Å². The van der Waals surface area contributed by atoms with Crippen LogP contribution in [-0.4, -0.2) is 39.8 Å². The molecule has 2 heterocycles. The van der Waals surface area contributed by atoms with Gasteiger partial charge in [-0.05, 0) is 36.2 Å². The Bertz CT molecular complexity index is 1200. The Hall–Kier alpha value is -3.45. The number of hydrogen-bond acceptors (Lipinski definition) is 5. The van der Waals surface area contributed by atoms with E-state index in [9.17, 15) is 9.59 Å². The van der Waals surface area contributed by atoms with E-state index in [0.717, 1.165) is 22.2 Å². The predicted molar refractivity (Wildman–Crippen MR) is 122 cm³/mol. The molecule has 1 aliphatic rings. The summed E-state index contributed by atoms with van der Waals surface area (Å²) in [6.45, 7) is 0. The van der Waals surface area contributed by atoms with Gasteiger partial charge >= 0.3 is 5.97 Å². The van der Waals surface area contributed by atoms with E-state index in [1.165, 1.54) is 5.01 Å². The number of benzene rings is 2. The number of hydrogen-bond donors (Lipinski definition) is 1. The predicted octanol–water partition coefficient (Wildman–Crippen LogP) is 4.83. The second-order valence-corrected chi connectivity index (χ2v) is 7.90. The van der Waals surface area contributed by atoms with Gasteiger partial charge in [0.1, 0.15) is 10.9 Å². The molecule has 0 radical (unpaired) electrons. The lowest BCUT2D eigenvalue weighted by atomic mass is 9.98. The van der Waals surface area contributed by atoms with Crippen LogP contribution in [0.5, 0.6) is 5.75 Å². The summed E-state index contributed by atoms with van der Waals surface area (Å²) < 4.78 is 5.32. The fourth-order valence-corrected chi connectivity index (χ4v) is 4.07. The second-order valence-electron chi connectivity index (χ2n) is 7.55. The number of carboxylic acids is 1. The molecule has 1 N–H and O–H groups in total. The molecule has 1 atom stereocenters. The van der Waals surface area contributed by atoms with E-state index in [1.807, 2.05) is 54.6 Å². The lowest BCUT2D eigenvalue weighted by Crippen LogP contribution is -2.27. The summed E-state index contributed by atoms with van der Waals surface area (Å²) in [6, 6.07) is 16.6. The number of halogens is 1. The van der Waals surface area contributed by atoms with Gasteiger partial charge in [0.2, 0.25) is 5.91 Å². The van der Waals surface area contributed by atoms with Crippen LogP contribution in [0.1, 0.15) is 42.9 Å². The minimum absolute atomic E-state index is 0.0718. The third kappa shape index (κ3) is 4.57. The molecule has 0 aliphatic carbocycles. The number of carboxylic acid groups (broad SMARTS) is 1. The van der Waals surface area contributed by atoms with Gasteiger partial charge in [-0.15, -0.1) is 0 Å². The standard InChI is InChI=1S/C24H22ClN3O4/c1-32-17-10-11-19-16(12-17)13-18(24(25)26-19)21-14-20(15-6-3-2-4-7-15)27-28(21)22(29)8-5-9-23(30)31/h2-4,6-7,10-13,21H,5,8-9,14H2,1H3,(H,30,31). The van der Waals surface area contributed by atoms with Crippen molar-refractivity contribution in [2.24, 2.45) is 5.10 Å². The molecule has 0 fully saturated rings. The number of hydrazone groups is 1. The van der Waals surface area contributed by atoms with Crippen molar-refractivity contribution in [1.82, 2.24) is 9.99 Å². The van der Waals surface area contributed by atoms with Gasteiger partial charge in [0.05, 0.1) is 24.4 Å². The molecule has 3 aromatic rings. The van der Waals surface area contributed by atoms with E-state index >= 15 is 0 Å². The van der Waals surface area contributed by atoms with Gasteiger partial charge in [0, 0.05) is 30.2 Å². The summed E-state index contributed by atoms with van der Waals surface area (Å²) >= 11 is 6.56. The van der Waals surface area contributed by atoms with Gasteiger partial charge in [-0.1, -0.05) is 41.9 Å². The molecule has 2 aromatic carbocycles. The van der Waals surface area contributed by atoms with Crippen molar-refractivity contribution in [3.8, 4) is 5.75 Å². The molecule has 1 aliphatic heterocycles. The largest absolute Gasteiger partial charge is 0.497 e. The number of nitrogens with zero attached hydrogens (tertiary/aromatic N) is 3. The number of aromatic nitrogens is 1. The van der Waals surface area contributed by atoms with Crippen LogP contribution >= 0.6 is 11.6 Å². The molecule has 164 valence electrons. The molecule has 7 nitrogen and oxygen atoms in total. The van der Waals surface area contributed by atoms with Gasteiger partial charge in [0.15, 0.2) is 0 Å². The SMILES string of the molecule is COc1ccc2nc(Cl)c(C3CC(c4ccccc4)=NN3C(=O)CCCC(=O)O)cc2c1. The van der Waals surface area contributed by atoms with Crippen LogP contribution in [0.25, 0.3) is 10.9 Å². The highest BCUT2D eigenvalue weighted by molar-refractivity contribution is 6.30. The first kappa shape index (κ1) is 21.8. The molecule has 0 spiro atoms. The molecule has 8 heteroatoms. The lowest BCUT2D eigenvalue weighted by molar-refractivity contribution is -0.137. The van der Waals surface area contributed by atoms with Crippen molar-refractivity contribution >= 4 is 40.1 Å². The molecule has 0 saturated carbocycles. The maximum atomic E-state index is 13.0. The zero-order valence-electron chi connectivity index (χ0n) is 17.5. The van der Waals surface area contributed by atoms with Crippen molar-refractivity contribution in [2.45, 2.75) is 31.7 Å². The van der Waals surface area contributed by atoms with Crippen molar-refractivity contribution in [3.05, 3.63) is 70.9 Å². The number of aliphatic carboxylic acids is 1. The van der Waals surface area contributed by atoms with Crippen molar-refractivity contribution in [2.75, 3.05) is 7.11 Å². The van der Waals surface area contributed by atoms with Crippen molar-refractivity contribution in [3.63, 3.8) is 0 Å². The zero-order valence-corrected chi connectivity index (χ0v) is 18.2. The second kappa shape index (κ2) is 9.36. The molecular formula is C24H22ClN3O4. The average molecular weight is 452 g/mol. The third-order valence-electron chi connectivity index (χ3n) is 5.42. The highest BCUT2D eigenvalue weighted by Crippen LogP contribution is 2.38. The zero-order chi connectivity index (χ0) is 22.7. The summed E-state index contributed by atoms with van der Waals surface area (Å²) in [4.78, 5) is 28.4. The number of carbonyl (C=O) groups excluding carboxylic acids is 1. The maximum Gasteiger partial charge on any atom is 0.303 e. The van der Waals surface area contributed by atoms with Gasteiger partial charge in [-0.25, -0.2) is 9.99 Å². The highest BCUT2D eigenvalue weighted by Gasteiger charge is 2.34. The number of methoxy groups -OCH3 is 1. The number of rotatable bonds is 7. The van der Waals surface area contributed by atoms with Crippen LogP contribution < -0.4 is 4.74 Å². The summed E-state index contributed by atoms with van der Waals surface area (Å²) in [6.07, 6.45) is 0.735. The fraction of sp³-hybridized carbons (Fsp3) is 0.250. The first-order chi connectivity index (χ1) is 15.5. The molecule has 4 rings (SSSR count). The minimum Gasteiger partial charge on any atom is -0.497 e. The van der Waals surface area contributed by atoms with Crippen LogP contribution in [-0.2, 0) is 9.59 Å². The molecular weight excluding hydrogens is 430 g/mol. The Kier molecular flexibility index (Phi) is 6.37.